The molecule has 0 unspecified atom stereocenters. The zero-order chi connectivity index (χ0) is 16.1. The van der Waals surface area contributed by atoms with Crippen LogP contribution in [0.15, 0.2) is 18.2 Å². The number of carbonyl (C=O) groups is 3. The second kappa shape index (κ2) is 7.51. The summed E-state index contributed by atoms with van der Waals surface area (Å²) in [4.78, 5) is 34.6. The summed E-state index contributed by atoms with van der Waals surface area (Å²) in [5, 5.41) is 8.31. The van der Waals surface area contributed by atoms with Crippen LogP contribution in [0, 0.1) is 6.92 Å². The maximum absolute atomic E-state index is 11.9. The fourth-order valence-corrected chi connectivity index (χ4v) is 2.86. The molecule has 0 radical (unpaired) electrons. The third kappa shape index (κ3) is 4.38. The molecule has 22 heavy (non-hydrogen) atoms. The molecule has 1 aromatic carbocycles. The minimum absolute atomic E-state index is 0.144. The van der Waals surface area contributed by atoms with Crippen molar-refractivity contribution in [1.82, 2.24) is 10.6 Å². The molecule has 0 saturated carbocycles. The largest absolute Gasteiger partial charge is 0.354 e. The number of benzene rings is 1. The second-order valence-corrected chi connectivity index (χ2v) is 6.20. The van der Waals surface area contributed by atoms with Crippen molar-refractivity contribution in [2.45, 2.75) is 19.4 Å². The van der Waals surface area contributed by atoms with E-state index in [9.17, 15) is 14.4 Å². The highest BCUT2D eigenvalue weighted by atomic mass is 35.5. The van der Waals surface area contributed by atoms with Crippen molar-refractivity contribution in [1.29, 1.82) is 0 Å². The molecule has 8 heteroatoms. The summed E-state index contributed by atoms with van der Waals surface area (Å²) in [5.41, 5.74) is 1.45. The molecular formula is C14H16ClN3O3S. The molecule has 6 nitrogen and oxygen atoms in total. The van der Waals surface area contributed by atoms with Gasteiger partial charge in [-0.25, -0.2) is 0 Å². The zero-order valence-corrected chi connectivity index (χ0v) is 13.5. The summed E-state index contributed by atoms with van der Waals surface area (Å²) < 4.78 is 0. The maximum Gasteiger partial charge on any atom is 0.279 e. The van der Waals surface area contributed by atoms with E-state index in [2.05, 4.69) is 16.0 Å². The number of thioether (sulfide) groups is 1. The van der Waals surface area contributed by atoms with Crippen molar-refractivity contribution in [3.63, 3.8) is 0 Å². The van der Waals surface area contributed by atoms with E-state index in [1.165, 1.54) is 0 Å². The van der Waals surface area contributed by atoms with E-state index in [-0.39, 0.29) is 30.0 Å². The van der Waals surface area contributed by atoms with Crippen molar-refractivity contribution < 1.29 is 14.4 Å². The summed E-state index contributed by atoms with van der Waals surface area (Å²) in [5.74, 6) is -0.0703. The first-order chi connectivity index (χ1) is 10.5. The first-order valence-corrected chi connectivity index (χ1v) is 8.09. The van der Waals surface area contributed by atoms with Gasteiger partial charge in [0.05, 0.1) is 0 Å². The van der Waals surface area contributed by atoms with Crippen LogP contribution >= 0.6 is 23.4 Å². The van der Waals surface area contributed by atoms with Gasteiger partial charge in [-0.05, 0) is 24.6 Å². The Bertz CT molecular complexity index is 609. The van der Waals surface area contributed by atoms with Gasteiger partial charge in [0.15, 0.2) is 0 Å². The fourth-order valence-electron chi connectivity index (χ4n) is 1.90. The summed E-state index contributed by atoms with van der Waals surface area (Å²) >= 11 is 7.06. The van der Waals surface area contributed by atoms with Crippen LogP contribution in [-0.4, -0.2) is 35.4 Å². The molecule has 1 aliphatic rings. The lowest BCUT2D eigenvalue weighted by molar-refractivity contribution is -0.122. The van der Waals surface area contributed by atoms with Gasteiger partial charge in [0.25, 0.3) is 5.24 Å². The normalized spacial score (nSPS) is 17.0. The van der Waals surface area contributed by atoms with E-state index < -0.39 is 6.04 Å². The number of hydrogen-bond acceptors (Lipinski definition) is 4. The van der Waals surface area contributed by atoms with Crippen molar-refractivity contribution in [2.75, 3.05) is 17.6 Å². The van der Waals surface area contributed by atoms with Crippen LogP contribution in [0.5, 0.6) is 0 Å². The number of amides is 3. The number of rotatable bonds is 5. The lowest BCUT2D eigenvalue weighted by Crippen LogP contribution is -2.43. The number of nitrogens with one attached hydrogen (secondary N) is 3. The lowest BCUT2D eigenvalue weighted by Gasteiger charge is -2.11. The molecule has 1 heterocycles. The van der Waals surface area contributed by atoms with Crippen molar-refractivity contribution >= 4 is 46.1 Å². The average Bonchev–Trinajstić information content (AvgIpc) is 2.90. The summed E-state index contributed by atoms with van der Waals surface area (Å²) in [7, 11) is 0. The molecule has 1 aliphatic heterocycles. The molecular weight excluding hydrogens is 326 g/mol. The Labute approximate surface area is 137 Å². The van der Waals surface area contributed by atoms with Crippen LogP contribution in [0.3, 0.4) is 0 Å². The van der Waals surface area contributed by atoms with Gasteiger partial charge in [0, 0.05) is 29.4 Å². The van der Waals surface area contributed by atoms with Crippen LogP contribution in [-0.2, 0) is 9.59 Å². The molecule has 3 N–H and O–H groups in total. The molecule has 1 fully saturated rings. The molecule has 0 spiro atoms. The Balaban J connectivity index is 1.75. The molecule has 0 aromatic heterocycles. The summed E-state index contributed by atoms with van der Waals surface area (Å²) in [6.07, 6.45) is 0.144. The Hall–Kier alpha value is -1.73. The highest BCUT2D eigenvalue weighted by Crippen LogP contribution is 2.22. The number of hydrogen-bond donors (Lipinski definition) is 3. The molecule has 1 aromatic rings. The van der Waals surface area contributed by atoms with E-state index in [0.717, 1.165) is 17.3 Å². The molecule has 0 aliphatic carbocycles. The summed E-state index contributed by atoms with van der Waals surface area (Å²) in [6, 6.07) is 4.76. The number of anilines is 1. The monoisotopic (exact) mass is 341 g/mol. The highest BCUT2D eigenvalue weighted by molar-refractivity contribution is 8.14. The van der Waals surface area contributed by atoms with Gasteiger partial charge in [0.2, 0.25) is 11.8 Å². The molecule has 1 atom stereocenters. The minimum Gasteiger partial charge on any atom is -0.354 e. The first kappa shape index (κ1) is 16.6. The Morgan fingerprint density at radius 1 is 1.45 bits per heavy atom. The Kier molecular flexibility index (Phi) is 5.68. The van der Waals surface area contributed by atoms with Crippen molar-refractivity contribution in [3.05, 3.63) is 28.8 Å². The lowest BCUT2D eigenvalue weighted by atomic mass is 10.2. The summed E-state index contributed by atoms with van der Waals surface area (Å²) in [6.45, 7) is 2.03. The molecule has 1 saturated heterocycles. The Morgan fingerprint density at radius 3 is 2.91 bits per heavy atom. The minimum atomic E-state index is -0.518. The number of carbonyl (C=O) groups excluding carboxylic acids is 3. The molecule has 118 valence electrons. The maximum atomic E-state index is 11.9. The average molecular weight is 342 g/mol. The van der Waals surface area contributed by atoms with Gasteiger partial charge in [0.1, 0.15) is 6.04 Å². The third-order valence-corrected chi connectivity index (χ3v) is 4.47. The van der Waals surface area contributed by atoms with Crippen LogP contribution in [0.4, 0.5) is 10.5 Å². The fraction of sp³-hybridized carbons (Fsp3) is 0.357. The van der Waals surface area contributed by atoms with Crippen LogP contribution in [0.25, 0.3) is 0 Å². The van der Waals surface area contributed by atoms with Gasteiger partial charge in [-0.3, -0.25) is 14.4 Å². The first-order valence-electron chi connectivity index (χ1n) is 6.73. The van der Waals surface area contributed by atoms with Crippen LogP contribution < -0.4 is 16.0 Å². The van der Waals surface area contributed by atoms with Gasteiger partial charge >= 0.3 is 0 Å². The Morgan fingerprint density at radius 2 is 2.23 bits per heavy atom. The van der Waals surface area contributed by atoms with Crippen LogP contribution in [0.2, 0.25) is 5.02 Å². The van der Waals surface area contributed by atoms with Crippen LogP contribution in [0.1, 0.15) is 12.0 Å². The molecule has 3 amide bonds. The van der Waals surface area contributed by atoms with E-state index >= 15 is 0 Å². The third-order valence-electron chi connectivity index (χ3n) is 3.18. The predicted octanol–water partition coefficient (Wildman–Crippen LogP) is 1.92. The van der Waals surface area contributed by atoms with E-state index in [1.807, 2.05) is 6.92 Å². The number of halogens is 1. The van der Waals surface area contributed by atoms with Gasteiger partial charge < -0.3 is 16.0 Å². The SMILES string of the molecule is Cc1c(Cl)cccc1NC(=O)CCNC(=O)[C@H]1CSC(=O)N1. The van der Waals surface area contributed by atoms with Crippen molar-refractivity contribution in [3.8, 4) is 0 Å². The topological polar surface area (TPSA) is 87.3 Å². The van der Waals surface area contributed by atoms with Gasteiger partial charge in [-0.15, -0.1) is 0 Å². The predicted molar refractivity (Wildman–Crippen MR) is 87.2 cm³/mol. The molecule has 2 rings (SSSR count). The van der Waals surface area contributed by atoms with Gasteiger partial charge in [-0.1, -0.05) is 29.4 Å². The van der Waals surface area contributed by atoms with Gasteiger partial charge in [-0.2, -0.15) is 0 Å². The standard InChI is InChI=1S/C14H16ClN3O3S/c1-8-9(15)3-2-4-10(8)17-12(19)5-6-16-13(20)11-7-22-14(21)18-11/h2-4,11H,5-7H2,1H3,(H,16,20)(H,17,19)(H,18,21)/t11-/m1/s1. The zero-order valence-electron chi connectivity index (χ0n) is 11.9. The van der Waals surface area contributed by atoms with E-state index in [0.29, 0.717) is 16.5 Å². The van der Waals surface area contributed by atoms with Crippen molar-refractivity contribution in [2.24, 2.45) is 0 Å². The quantitative estimate of drug-likeness (QED) is 0.763. The smallest absolute Gasteiger partial charge is 0.279 e. The molecule has 0 bridgehead atoms. The van der Waals surface area contributed by atoms with E-state index in [1.54, 1.807) is 18.2 Å². The van der Waals surface area contributed by atoms with E-state index in [4.69, 9.17) is 11.6 Å². The second-order valence-electron chi connectivity index (χ2n) is 4.80. The highest BCUT2D eigenvalue weighted by Gasteiger charge is 2.27.